The molecule has 1 aromatic heterocycles. The van der Waals surface area contributed by atoms with Crippen LogP contribution in [0.25, 0.3) is 10.9 Å². The van der Waals surface area contributed by atoms with Gasteiger partial charge >= 0.3 is 5.97 Å². The molecule has 0 fully saturated rings. The van der Waals surface area contributed by atoms with Gasteiger partial charge in [-0.25, -0.2) is 4.79 Å². The summed E-state index contributed by atoms with van der Waals surface area (Å²) in [4.78, 5) is 16.8. The number of fused-ring (bicyclic) bond motifs is 1. The molecule has 0 saturated heterocycles. The van der Waals surface area contributed by atoms with Crippen molar-refractivity contribution in [3.05, 3.63) is 41.2 Å². The monoisotopic (exact) mass is 314 g/mol. The standard InChI is InChI=1S/C18H22N2O3/c1-12-15(18(21)22)4-3-8-20(12)9-7-13-11-19-17-10-14(23-2)5-6-16(13)17/h5-6,10-11,19H,3-4,7-9H2,1-2H3,(H,21,22). The van der Waals surface area contributed by atoms with Crippen LogP contribution in [-0.2, 0) is 11.2 Å². The summed E-state index contributed by atoms with van der Waals surface area (Å²) in [6, 6.07) is 6.03. The molecule has 5 nitrogen and oxygen atoms in total. The second-order valence-corrected chi connectivity index (χ2v) is 5.94. The molecule has 0 saturated carbocycles. The zero-order chi connectivity index (χ0) is 16.4. The summed E-state index contributed by atoms with van der Waals surface area (Å²) in [5.41, 5.74) is 3.78. The van der Waals surface area contributed by atoms with Crippen molar-refractivity contribution in [1.82, 2.24) is 9.88 Å². The van der Waals surface area contributed by atoms with E-state index in [0.717, 1.165) is 42.9 Å². The molecule has 1 aromatic carbocycles. The highest BCUT2D eigenvalue weighted by Crippen LogP contribution is 2.26. The van der Waals surface area contributed by atoms with E-state index in [1.54, 1.807) is 7.11 Å². The van der Waals surface area contributed by atoms with E-state index < -0.39 is 5.97 Å². The number of nitrogens with one attached hydrogen (secondary N) is 1. The number of methoxy groups -OCH3 is 1. The van der Waals surface area contributed by atoms with E-state index in [4.69, 9.17) is 4.74 Å². The summed E-state index contributed by atoms with van der Waals surface area (Å²) >= 11 is 0. The van der Waals surface area contributed by atoms with Gasteiger partial charge in [0.15, 0.2) is 0 Å². The fraction of sp³-hybridized carbons (Fsp3) is 0.389. The number of carbonyl (C=O) groups is 1. The van der Waals surface area contributed by atoms with E-state index in [2.05, 4.69) is 16.0 Å². The van der Waals surface area contributed by atoms with E-state index in [1.807, 2.05) is 25.3 Å². The third-order valence-electron chi connectivity index (χ3n) is 4.65. The number of aliphatic carboxylic acids is 1. The predicted octanol–water partition coefficient (Wildman–Crippen LogP) is 3.17. The van der Waals surface area contributed by atoms with Crippen LogP contribution in [0, 0.1) is 0 Å². The molecule has 2 N–H and O–H groups in total. The highest BCUT2D eigenvalue weighted by Gasteiger charge is 2.21. The lowest BCUT2D eigenvalue weighted by Crippen LogP contribution is -2.31. The molecule has 3 rings (SSSR count). The van der Waals surface area contributed by atoms with Crippen LogP contribution in [-0.4, -0.2) is 41.2 Å². The summed E-state index contributed by atoms with van der Waals surface area (Å²) < 4.78 is 5.25. The molecule has 5 heteroatoms. The van der Waals surface area contributed by atoms with E-state index in [9.17, 15) is 9.90 Å². The van der Waals surface area contributed by atoms with Crippen LogP contribution in [0.4, 0.5) is 0 Å². The van der Waals surface area contributed by atoms with E-state index in [-0.39, 0.29) is 0 Å². The minimum absolute atomic E-state index is 0.555. The lowest BCUT2D eigenvalue weighted by molar-refractivity contribution is -0.133. The van der Waals surface area contributed by atoms with Crippen molar-refractivity contribution >= 4 is 16.9 Å². The fourth-order valence-corrected chi connectivity index (χ4v) is 3.28. The first-order chi connectivity index (χ1) is 11.1. The average molecular weight is 314 g/mol. The smallest absolute Gasteiger partial charge is 0.333 e. The average Bonchev–Trinajstić information content (AvgIpc) is 2.95. The van der Waals surface area contributed by atoms with Crippen molar-refractivity contribution in [1.29, 1.82) is 0 Å². The Balaban J connectivity index is 1.76. The molecule has 1 aliphatic rings. The van der Waals surface area contributed by atoms with Gasteiger partial charge in [-0.1, -0.05) is 0 Å². The number of aromatic nitrogens is 1. The quantitative estimate of drug-likeness (QED) is 0.889. The van der Waals surface area contributed by atoms with Gasteiger partial charge < -0.3 is 19.7 Å². The van der Waals surface area contributed by atoms with Gasteiger partial charge in [0, 0.05) is 42.0 Å². The second-order valence-electron chi connectivity index (χ2n) is 5.94. The van der Waals surface area contributed by atoms with Crippen LogP contribution in [0.3, 0.4) is 0 Å². The molecule has 2 heterocycles. The number of ether oxygens (including phenoxy) is 1. The van der Waals surface area contributed by atoms with Gasteiger partial charge in [0.25, 0.3) is 0 Å². The molecule has 0 radical (unpaired) electrons. The van der Waals surface area contributed by atoms with Crippen molar-refractivity contribution in [2.75, 3.05) is 20.2 Å². The lowest BCUT2D eigenvalue weighted by atomic mass is 10.0. The van der Waals surface area contributed by atoms with Crippen LogP contribution in [0.2, 0.25) is 0 Å². The molecule has 0 unspecified atom stereocenters. The number of allylic oxidation sites excluding steroid dienone is 1. The number of aromatic amines is 1. The topological polar surface area (TPSA) is 65.6 Å². The molecule has 2 aromatic rings. The van der Waals surface area contributed by atoms with Gasteiger partial charge in [0.2, 0.25) is 0 Å². The van der Waals surface area contributed by atoms with Crippen LogP contribution in [0.1, 0.15) is 25.3 Å². The van der Waals surface area contributed by atoms with Crippen LogP contribution < -0.4 is 4.74 Å². The van der Waals surface area contributed by atoms with E-state index >= 15 is 0 Å². The summed E-state index contributed by atoms with van der Waals surface area (Å²) in [7, 11) is 1.66. The minimum Gasteiger partial charge on any atom is -0.497 e. The highest BCUT2D eigenvalue weighted by atomic mass is 16.5. The molecule has 0 spiro atoms. The number of nitrogens with zero attached hydrogens (tertiary/aromatic N) is 1. The minimum atomic E-state index is -0.786. The summed E-state index contributed by atoms with van der Waals surface area (Å²) in [5.74, 6) is 0.0539. The zero-order valence-corrected chi connectivity index (χ0v) is 13.6. The molecule has 23 heavy (non-hydrogen) atoms. The van der Waals surface area contributed by atoms with Gasteiger partial charge in [-0.15, -0.1) is 0 Å². The molecule has 0 atom stereocenters. The van der Waals surface area contributed by atoms with E-state index in [1.165, 1.54) is 10.9 Å². The summed E-state index contributed by atoms with van der Waals surface area (Å²) in [5, 5.41) is 10.5. The van der Waals surface area contributed by atoms with Gasteiger partial charge in [-0.05, 0) is 43.9 Å². The first-order valence-corrected chi connectivity index (χ1v) is 7.92. The summed E-state index contributed by atoms with van der Waals surface area (Å²) in [6.07, 6.45) is 4.50. The Kier molecular flexibility index (Phi) is 4.28. The number of hydrogen-bond donors (Lipinski definition) is 2. The molecule has 1 aliphatic heterocycles. The number of hydrogen-bond acceptors (Lipinski definition) is 3. The molecular formula is C18H22N2O3. The number of H-pyrrole nitrogens is 1. The van der Waals surface area contributed by atoms with Crippen molar-refractivity contribution < 1.29 is 14.6 Å². The van der Waals surface area contributed by atoms with Crippen LogP contribution in [0.5, 0.6) is 5.75 Å². The Morgan fingerprint density at radius 3 is 3.00 bits per heavy atom. The Hall–Kier alpha value is -2.43. The Bertz CT molecular complexity index is 761. The first-order valence-electron chi connectivity index (χ1n) is 7.92. The maximum atomic E-state index is 11.3. The molecule has 0 amide bonds. The molecule has 0 aliphatic carbocycles. The molecular weight excluding hydrogens is 292 g/mol. The van der Waals surface area contributed by atoms with Gasteiger partial charge in [0.1, 0.15) is 5.75 Å². The fourth-order valence-electron chi connectivity index (χ4n) is 3.28. The Labute approximate surface area is 135 Å². The van der Waals surface area contributed by atoms with Crippen molar-refractivity contribution in [3.8, 4) is 5.75 Å². The maximum absolute atomic E-state index is 11.3. The van der Waals surface area contributed by atoms with Crippen molar-refractivity contribution in [2.24, 2.45) is 0 Å². The van der Waals surface area contributed by atoms with Crippen molar-refractivity contribution in [2.45, 2.75) is 26.2 Å². The second kappa shape index (κ2) is 6.36. The third kappa shape index (κ3) is 3.04. The van der Waals surface area contributed by atoms with E-state index in [0.29, 0.717) is 12.0 Å². The largest absolute Gasteiger partial charge is 0.497 e. The van der Waals surface area contributed by atoms with Crippen LogP contribution in [0.15, 0.2) is 35.7 Å². The Morgan fingerprint density at radius 1 is 1.43 bits per heavy atom. The van der Waals surface area contributed by atoms with Gasteiger partial charge in [-0.2, -0.15) is 0 Å². The lowest BCUT2D eigenvalue weighted by Gasteiger charge is -2.31. The number of carboxylic acids is 1. The first kappa shape index (κ1) is 15.5. The van der Waals surface area contributed by atoms with Gasteiger partial charge in [-0.3, -0.25) is 0 Å². The third-order valence-corrected chi connectivity index (χ3v) is 4.65. The summed E-state index contributed by atoms with van der Waals surface area (Å²) in [6.45, 7) is 3.68. The normalized spacial score (nSPS) is 15.3. The van der Waals surface area contributed by atoms with Gasteiger partial charge in [0.05, 0.1) is 12.7 Å². The highest BCUT2D eigenvalue weighted by molar-refractivity contribution is 5.87. The number of benzene rings is 1. The maximum Gasteiger partial charge on any atom is 0.333 e. The number of carboxylic acid groups (broad SMARTS) is 1. The molecule has 0 bridgehead atoms. The predicted molar refractivity (Wildman–Crippen MR) is 89.7 cm³/mol. The molecule has 122 valence electrons. The Morgan fingerprint density at radius 2 is 2.26 bits per heavy atom. The van der Waals surface area contributed by atoms with Crippen LogP contribution >= 0.6 is 0 Å². The SMILES string of the molecule is COc1ccc2c(CCN3CCCC(C(=O)O)=C3C)c[nH]c2c1. The zero-order valence-electron chi connectivity index (χ0n) is 13.6. The van der Waals surface area contributed by atoms with Crippen molar-refractivity contribution in [3.63, 3.8) is 0 Å². The number of rotatable bonds is 5.